The van der Waals surface area contributed by atoms with Crippen LogP contribution in [0.1, 0.15) is 41.0 Å². The third-order valence-corrected chi connectivity index (χ3v) is 3.17. The first-order valence-electron chi connectivity index (χ1n) is 6.07. The van der Waals surface area contributed by atoms with E-state index in [4.69, 9.17) is 18.0 Å². The van der Waals surface area contributed by atoms with Crippen molar-refractivity contribution in [2.24, 2.45) is 5.73 Å². The molecule has 0 aromatic rings. The molecule has 0 aliphatic heterocycles. The molecule has 0 aliphatic carbocycles. The van der Waals surface area contributed by atoms with Crippen molar-refractivity contribution in [3.8, 4) is 0 Å². The van der Waals surface area contributed by atoms with Crippen molar-refractivity contribution in [3.63, 3.8) is 0 Å². The average molecular weight is 259 g/mol. The van der Waals surface area contributed by atoms with Crippen LogP contribution in [0.3, 0.4) is 0 Å². The molecule has 0 saturated heterocycles. The van der Waals surface area contributed by atoms with E-state index in [0.29, 0.717) is 11.5 Å². The Labute approximate surface area is 110 Å². The Morgan fingerprint density at radius 3 is 2.35 bits per heavy atom. The zero-order valence-corrected chi connectivity index (χ0v) is 12.4. The summed E-state index contributed by atoms with van der Waals surface area (Å²) in [6.07, 6.45) is 0.896. The molecular weight excluding hydrogens is 234 g/mol. The van der Waals surface area contributed by atoms with Crippen molar-refractivity contribution in [1.82, 2.24) is 10.2 Å². The van der Waals surface area contributed by atoms with Crippen LogP contribution < -0.4 is 11.1 Å². The van der Waals surface area contributed by atoms with Crippen LogP contribution >= 0.6 is 12.2 Å². The van der Waals surface area contributed by atoms with E-state index in [2.05, 4.69) is 12.2 Å². The zero-order chi connectivity index (χ0) is 13.6. The highest BCUT2D eigenvalue weighted by atomic mass is 32.1. The third-order valence-electron chi connectivity index (χ3n) is 3.04. The number of carbonyl (C=O) groups excluding carboxylic acids is 1. The lowest BCUT2D eigenvalue weighted by molar-refractivity contribution is -0.127. The first kappa shape index (κ1) is 16.3. The van der Waals surface area contributed by atoms with Gasteiger partial charge in [-0.1, -0.05) is 26.1 Å². The number of thiocarbonyl (C=S) groups is 1. The molecule has 0 heterocycles. The summed E-state index contributed by atoms with van der Waals surface area (Å²) in [4.78, 5) is 14.4. The van der Waals surface area contributed by atoms with E-state index in [1.165, 1.54) is 0 Å². The molecule has 0 bridgehead atoms. The van der Waals surface area contributed by atoms with Gasteiger partial charge in [0.15, 0.2) is 0 Å². The average Bonchev–Trinajstić information content (AvgIpc) is 2.24. The molecule has 0 aromatic heterocycles. The van der Waals surface area contributed by atoms with E-state index in [0.717, 1.165) is 13.0 Å². The molecule has 0 rings (SSSR count). The molecule has 1 unspecified atom stereocenters. The Hall–Kier alpha value is -0.680. The Morgan fingerprint density at radius 1 is 1.47 bits per heavy atom. The SMILES string of the molecule is CCN(CC(N)=S)C(C)C(=O)NC(C)(C)CC. The predicted molar refractivity (Wildman–Crippen MR) is 76.0 cm³/mol. The number of hydrogen-bond donors (Lipinski definition) is 2. The van der Waals surface area contributed by atoms with Crippen LogP contribution in [-0.2, 0) is 4.79 Å². The zero-order valence-electron chi connectivity index (χ0n) is 11.5. The number of hydrogen-bond acceptors (Lipinski definition) is 3. The fourth-order valence-electron chi connectivity index (χ4n) is 1.41. The van der Waals surface area contributed by atoms with Gasteiger partial charge in [-0.15, -0.1) is 0 Å². The molecule has 1 amide bonds. The molecular formula is C12H25N3OS. The van der Waals surface area contributed by atoms with Crippen LogP contribution in [0.15, 0.2) is 0 Å². The molecule has 4 nitrogen and oxygen atoms in total. The molecule has 0 spiro atoms. The number of nitrogens with two attached hydrogens (primary N) is 1. The van der Waals surface area contributed by atoms with Gasteiger partial charge in [0.25, 0.3) is 0 Å². The standard InChI is InChI=1S/C12H25N3OS/c1-6-12(4,5)14-11(16)9(3)15(7-2)8-10(13)17/h9H,6-8H2,1-5H3,(H2,13,17)(H,14,16). The van der Waals surface area contributed by atoms with Crippen molar-refractivity contribution in [2.45, 2.75) is 52.6 Å². The number of nitrogens with zero attached hydrogens (tertiary/aromatic N) is 1. The Balaban J connectivity index is 4.51. The lowest BCUT2D eigenvalue weighted by Crippen LogP contribution is -2.53. The monoisotopic (exact) mass is 259 g/mol. The quantitative estimate of drug-likeness (QED) is 0.676. The lowest BCUT2D eigenvalue weighted by Gasteiger charge is -2.31. The fourth-order valence-corrected chi connectivity index (χ4v) is 1.58. The summed E-state index contributed by atoms with van der Waals surface area (Å²) in [5.41, 5.74) is 5.35. The van der Waals surface area contributed by atoms with Gasteiger partial charge in [0.2, 0.25) is 5.91 Å². The Bertz CT molecular complexity index is 279. The topological polar surface area (TPSA) is 58.4 Å². The van der Waals surface area contributed by atoms with Gasteiger partial charge in [-0.3, -0.25) is 9.69 Å². The van der Waals surface area contributed by atoms with Crippen molar-refractivity contribution in [3.05, 3.63) is 0 Å². The van der Waals surface area contributed by atoms with Gasteiger partial charge in [0.1, 0.15) is 0 Å². The van der Waals surface area contributed by atoms with Crippen LogP contribution in [0, 0.1) is 0 Å². The van der Waals surface area contributed by atoms with Crippen LogP contribution in [0.4, 0.5) is 0 Å². The second-order valence-electron chi connectivity index (χ2n) is 4.93. The number of rotatable bonds is 7. The minimum atomic E-state index is -0.215. The minimum Gasteiger partial charge on any atom is -0.392 e. The van der Waals surface area contributed by atoms with Crippen LogP contribution in [-0.4, -0.2) is 40.5 Å². The number of carbonyl (C=O) groups is 1. The van der Waals surface area contributed by atoms with Gasteiger partial charge in [-0.25, -0.2) is 0 Å². The van der Waals surface area contributed by atoms with E-state index < -0.39 is 0 Å². The molecule has 3 N–H and O–H groups in total. The maximum Gasteiger partial charge on any atom is 0.237 e. The molecule has 1 atom stereocenters. The highest BCUT2D eigenvalue weighted by Gasteiger charge is 2.25. The highest BCUT2D eigenvalue weighted by Crippen LogP contribution is 2.08. The second-order valence-corrected chi connectivity index (χ2v) is 5.46. The van der Waals surface area contributed by atoms with Gasteiger partial charge in [0.05, 0.1) is 11.0 Å². The summed E-state index contributed by atoms with van der Waals surface area (Å²) in [7, 11) is 0. The van der Waals surface area contributed by atoms with Gasteiger partial charge >= 0.3 is 0 Å². The second kappa shape index (κ2) is 6.91. The van der Waals surface area contributed by atoms with Crippen molar-refractivity contribution < 1.29 is 4.79 Å². The summed E-state index contributed by atoms with van der Waals surface area (Å²) in [6, 6.07) is -0.215. The van der Waals surface area contributed by atoms with Crippen molar-refractivity contribution >= 4 is 23.1 Å². The Kier molecular flexibility index (Phi) is 6.64. The molecule has 0 aromatic carbocycles. The smallest absolute Gasteiger partial charge is 0.237 e. The van der Waals surface area contributed by atoms with E-state index in [1.54, 1.807) is 0 Å². The van der Waals surface area contributed by atoms with E-state index in [1.807, 2.05) is 32.6 Å². The van der Waals surface area contributed by atoms with Gasteiger partial charge in [-0.05, 0) is 33.7 Å². The summed E-state index contributed by atoms with van der Waals surface area (Å²) >= 11 is 4.88. The van der Waals surface area contributed by atoms with Crippen molar-refractivity contribution in [2.75, 3.05) is 13.1 Å². The van der Waals surface area contributed by atoms with E-state index in [-0.39, 0.29) is 17.5 Å². The highest BCUT2D eigenvalue weighted by molar-refractivity contribution is 7.80. The number of likely N-dealkylation sites (N-methyl/N-ethyl adjacent to an activating group) is 1. The van der Waals surface area contributed by atoms with Crippen LogP contribution in [0.25, 0.3) is 0 Å². The molecule has 100 valence electrons. The molecule has 0 radical (unpaired) electrons. The van der Waals surface area contributed by atoms with Gasteiger partial charge < -0.3 is 11.1 Å². The minimum absolute atomic E-state index is 0.0231. The van der Waals surface area contributed by atoms with Gasteiger partial charge in [-0.2, -0.15) is 0 Å². The summed E-state index contributed by atoms with van der Waals surface area (Å²) in [5, 5.41) is 3.03. The normalized spacial score (nSPS) is 13.5. The third kappa shape index (κ3) is 5.98. The largest absolute Gasteiger partial charge is 0.392 e. The maximum atomic E-state index is 12.1. The number of nitrogens with one attached hydrogen (secondary N) is 1. The number of amides is 1. The molecule has 0 saturated carbocycles. The molecule has 17 heavy (non-hydrogen) atoms. The summed E-state index contributed by atoms with van der Waals surface area (Å²) < 4.78 is 0. The summed E-state index contributed by atoms with van der Waals surface area (Å²) in [5.74, 6) is 0.0231. The lowest BCUT2D eigenvalue weighted by atomic mass is 10.0. The van der Waals surface area contributed by atoms with Crippen LogP contribution in [0.2, 0.25) is 0 Å². The van der Waals surface area contributed by atoms with Crippen molar-refractivity contribution in [1.29, 1.82) is 0 Å². The molecule has 5 heteroatoms. The first-order valence-corrected chi connectivity index (χ1v) is 6.48. The fraction of sp³-hybridized carbons (Fsp3) is 0.833. The summed E-state index contributed by atoms with van der Waals surface area (Å²) in [6.45, 7) is 11.2. The van der Waals surface area contributed by atoms with Crippen LogP contribution in [0.5, 0.6) is 0 Å². The molecule has 0 aliphatic rings. The first-order chi connectivity index (χ1) is 7.73. The Morgan fingerprint density at radius 2 is 2.00 bits per heavy atom. The predicted octanol–water partition coefficient (Wildman–Crippen LogP) is 1.29. The maximum absolute atomic E-state index is 12.1. The molecule has 0 fully saturated rings. The van der Waals surface area contributed by atoms with E-state index in [9.17, 15) is 4.79 Å². The van der Waals surface area contributed by atoms with Gasteiger partial charge in [0, 0.05) is 12.1 Å². The van der Waals surface area contributed by atoms with E-state index >= 15 is 0 Å².